The predicted octanol–water partition coefficient (Wildman–Crippen LogP) is 5.51. The van der Waals surface area contributed by atoms with E-state index in [0.29, 0.717) is 30.3 Å². The first-order valence-corrected chi connectivity index (χ1v) is 13.0. The van der Waals surface area contributed by atoms with Crippen LogP contribution in [0.25, 0.3) is 0 Å². The van der Waals surface area contributed by atoms with E-state index < -0.39 is 0 Å². The van der Waals surface area contributed by atoms with E-state index in [9.17, 15) is 9.59 Å². The number of carbonyl (C=O) groups excluding carboxylic acids is 2. The maximum atomic E-state index is 13.6. The molecule has 0 aliphatic carbocycles. The molecule has 0 radical (unpaired) electrons. The van der Waals surface area contributed by atoms with Gasteiger partial charge in [0.15, 0.2) is 0 Å². The number of nitrogens with one attached hydrogen (secondary N) is 1. The molecule has 2 aromatic carbocycles. The van der Waals surface area contributed by atoms with Gasteiger partial charge in [-0.1, -0.05) is 23.8 Å². The molecular weight excluding hydrogens is 474 g/mol. The van der Waals surface area contributed by atoms with Gasteiger partial charge in [-0.05, 0) is 68.5 Å². The highest BCUT2D eigenvalue weighted by atomic mass is 32.1. The number of methoxy groups -OCH3 is 1. The lowest BCUT2D eigenvalue weighted by atomic mass is 10.0. The number of urea groups is 1. The predicted molar refractivity (Wildman–Crippen MR) is 143 cm³/mol. The molecule has 1 N–H and O–H groups in total. The normalized spacial score (nSPS) is 14.8. The average molecular weight is 508 g/mol. The molecular formula is C28H33N3O4S. The summed E-state index contributed by atoms with van der Waals surface area (Å²) in [6, 6.07) is 16.5. The fraction of sp³-hybridized carbons (Fsp3) is 0.357. The van der Waals surface area contributed by atoms with E-state index in [4.69, 9.17) is 9.47 Å². The summed E-state index contributed by atoms with van der Waals surface area (Å²) in [5.74, 6) is 1.30. The lowest BCUT2D eigenvalue weighted by molar-refractivity contribution is -0.135. The molecule has 7 nitrogen and oxygen atoms in total. The van der Waals surface area contributed by atoms with Crippen molar-refractivity contribution in [2.45, 2.75) is 39.3 Å². The van der Waals surface area contributed by atoms with Crippen molar-refractivity contribution in [3.63, 3.8) is 0 Å². The van der Waals surface area contributed by atoms with Gasteiger partial charge in [0.25, 0.3) is 0 Å². The van der Waals surface area contributed by atoms with Gasteiger partial charge in [-0.2, -0.15) is 0 Å². The highest BCUT2D eigenvalue weighted by molar-refractivity contribution is 7.10. The molecule has 0 saturated carbocycles. The zero-order valence-corrected chi connectivity index (χ0v) is 22.0. The van der Waals surface area contributed by atoms with Crippen molar-refractivity contribution in [3.8, 4) is 11.5 Å². The first kappa shape index (κ1) is 25.6. The molecule has 2 heterocycles. The number of hydrogen-bond donors (Lipinski definition) is 1. The van der Waals surface area contributed by atoms with Crippen molar-refractivity contribution in [2.24, 2.45) is 0 Å². The van der Waals surface area contributed by atoms with E-state index in [1.54, 1.807) is 23.3 Å². The first-order valence-electron chi connectivity index (χ1n) is 12.1. The zero-order chi connectivity index (χ0) is 25.7. The molecule has 36 heavy (non-hydrogen) atoms. The van der Waals surface area contributed by atoms with Crippen LogP contribution in [0.4, 0.5) is 10.5 Å². The summed E-state index contributed by atoms with van der Waals surface area (Å²) in [4.78, 5) is 31.4. The van der Waals surface area contributed by atoms with Crippen molar-refractivity contribution >= 4 is 29.0 Å². The Morgan fingerprint density at radius 2 is 1.89 bits per heavy atom. The Balaban J connectivity index is 1.48. The van der Waals surface area contributed by atoms with E-state index in [-0.39, 0.29) is 30.6 Å². The Labute approximate surface area is 216 Å². The summed E-state index contributed by atoms with van der Waals surface area (Å²) in [6.07, 6.45) is 0.797. The van der Waals surface area contributed by atoms with Crippen molar-refractivity contribution in [1.29, 1.82) is 0 Å². The largest absolute Gasteiger partial charge is 0.497 e. The van der Waals surface area contributed by atoms with Crippen LogP contribution < -0.4 is 14.8 Å². The third-order valence-corrected chi connectivity index (χ3v) is 7.35. The van der Waals surface area contributed by atoms with Crippen LogP contribution in [-0.2, 0) is 11.2 Å². The highest BCUT2D eigenvalue weighted by Gasteiger charge is 2.34. The second kappa shape index (κ2) is 11.5. The Kier molecular flexibility index (Phi) is 8.15. The Morgan fingerprint density at radius 3 is 2.61 bits per heavy atom. The summed E-state index contributed by atoms with van der Waals surface area (Å²) >= 11 is 1.71. The molecule has 1 aliphatic heterocycles. The number of carbonyl (C=O) groups is 2. The molecule has 8 heteroatoms. The van der Waals surface area contributed by atoms with Gasteiger partial charge < -0.3 is 24.6 Å². The molecule has 1 atom stereocenters. The second-order valence-electron chi connectivity index (χ2n) is 9.16. The lowest BCUT2D eigenvalue weighted by Gasteiger charge is -2.37. The molecule has 1 aromatic heterocycles. The van der Waals surface area contributed by atoms with Gasteiger partial charge in [0.05, 0.1) is 13.2 Å². The highest BCUT2D eigenvalue weighted by Crippen LogP contribution is 2.34. The fourth-order valence-corrected chi connectivity index (χ4v) is 5.23. The third-order valence-electron chi connectivity index (χ3n) is 6.36. The summed E-state index contributed by atoms with van der Waals surface area (Å²) in [5.41, 5.74) is 2.93. The minimum Gasteiger partial charge on any atom is -0.497 e. The van der Waals surface area contributed by atoms with Gasteiger partial charge in [0, 0.05) is 29.2 Å². The number of anilines is 1. The molecule has 1 aliphatic rings. The van der Waals surface area contributed by atoms with Crippen LogP contribution in [-0.4, -0.2) is 54.6 Å². The van der Waals surface area contributed by atoms with Gasteiger partial charge in [-0.15, -0.1) is 11.3 Å². The average Bonchev–Trinajstić information content (AvgIpc) is 3.36. The molecule has 3 amide bonds. The molecule has 0 saturated heterocycles. The molecule has 3 aromatic rings. The van der Waals surface area contributed by atoms with Crippen LogP contribution in [0.1, 0.15) is 35.9 Å². The number of thiophene rings is 1. The van der Waals surface area contributed by atoms with Gasteiger partial charge in [-0.25, -0.2) is 4.79 Å². The number of amides is 3. The van der Waals surface area contributed by atoms with Crippen LogP contribution in [0.3, 0.4) is 0 Å². The Bertz CT molecular complexity index is 1190. The lowest BCUT2D eigenvalue weighted by Crippen LogP contribution is -2.50. The smallest absolute Gasteiger partial charge is 0.322 e. The number of rotatable bonds is 8. The Morgan fingerprint density at radius 1 is 1.14 bits per heavy atom. The number of fused-ring (bicyclic) bond motifs is 1. The molecule has 0 fully saturated rings. The Hall–Kier alpha value is -3.52. The minimum absolute atomic E-state index is 0.00943. The van der Waals surface area contributed by atoms with Crippen LogP contribution >= 0.6 is 11.3 Å². The van der Waals surface area contributed by atoms with E-state index in [1.165, 1.54) is 4.88 Å². The molecule has 0 spiro atoms. The standard InChI is InChI=1S/C28H33N3O4S/c1-19(2)31(28(33)29-21-10-8-20(3)9-11-21)17-27(32)30-14-12-26-24(13-15-36-26)25(30)18-35-23-7-5-6-22(16-23)34-4/h5-11,13,15-16,19,25H,12,14,17-18H2,1-4H3,(H,29,33)/t25-/m1/s1. The first-order chi connectivity index (χ1) is 17.4. The van der Waals surface area contributed by atoms with Crippen molar-refractivity contribution in [1.82, 2.24) is 9.80 Å². The van der Waals surface area contributed by atoms with Crippen molar-refractivity contribution < 1.29 is 19.1 Å². The van der Waals surface area contributed by atoms with E-state index in [0.717, 1.165) is 17.5 Å². The van der Waals surface area contributed by atoms with Gasteiger partial charge in [-0.3, -0.25) is 4.79 Å². The van der Waals surface area contributed by atoms with Crippen LogP contribution in [0.2, 0.25) is 0 Å². The number of nitrogens with zero attached hydrogens (tertiary/aromatic N) is 2. The van der Waals surface area contributed by atoms with Crippen LogP contribution in [0.5, 0.6) is 11.5 Å². The summed E-state index contributed by atoms with van der Waals surface area (Å²) in [5, 5.41) is 4.98. The van der Waals surface area contributed by atoms with Crippen LogP contribution in [0, 0.1) is 6.92 Å². The number of ether oxygens (including phenoxy) is 2. The fourth-order valence-electron chi connectivity index (χ4n) is 4.30. The van der Waals surface area contributed by atoms with Gasteiger partial charge >= 0.3 is 6.03 Å². The van der Waals surface area contributed by atoms with Crippen molar-refractivity contribution in [3.05, 3.63) is 76.0 Å². The SMILES string of the molecule is COc1cccc(OC[C@@H]2c3ccsc3CCN2C(=O)CN(C(=O)Nc2ccc(C)cc2)C(C)C)c1. The number of hydrogen-bond acceptors (Lipinski definition) is 5. The van der Waals surface area contributed by atoms with Crippen LogP contribution in [0.15, 0.2) is 60.0 Å². The molecule has 4 rings (SSSR count). The quantitative estimate of drug-likeness (QED) is 0.436. The van der Waals surface area contributed by atoms with E-state index in [2.05, 4.69) is 16.8 Å². The van der Waals surface area contributed by atoms with E-state index in [1.807, 2.05) is 74.2 Å². The van der Waals surface area contributed by atoms with E-state index >= 15 is 0 Å². The van der Waals surface area contributed by atoms with Crippen molar-refractivity contribution in [2.75, 3.05) is 32.1 Å². The number of benzene rings is 2. The summed E-state index contributed by atoms with van der Waals surface area (Å²) in [7, 11) is 1.62. The van der Waals surface area contributed by atoms with Gasteiger partial charge in [0.1, 0.15) is 24.7 Å². The number of aryl methyl sites for hydroxylation is 1. The summed E-state index contributed by atoms with van der Waals surface area (Å²) in [6.45, 7) is 6.72. The maximum absolute atomic E-state index is 13.6. The van der Waals surface area contributed by atoms with Gasteiger partial charge in [0.2, 0.25) is 5.91 Å². The summed E-state index contributed by atoms with van der Waals surface area (Å²) < 4.78 is 11.4. The second-order valence-corrected chi connectivity index (χ2v) is 10.2. The third kappa shape index (κ3) is 5.99. The molecule has 0 unspecified atom stereocenters. The molecule has 0 bridgehead atoms. The molecule has 190 valence electrons. The monoisotopic (exact) mass is 507 g/mol. The topological polar surface area (TPSA) is 71.1 Å². The zero-order valence-electron chi connectivity index (χ0n) is 21.2. The maximum Gasteiger partial charge on any atom is 0.322 e. The minimum atomic E-state index is -0.292.